The van der Waals surface area contributed by atoms with Crippen LogP contribution in [0.1, 0.15) is 24.9 Å². The first kappa shape index (κ1) is 14.1. The standard InChI is InChI=1S/C14H17ClINO/c1-10-9-12(16)13(11-5-3-2-4-6-11)17(8-7-15)14(10)18/h2-6,10,12-13H,7-9H2,1H3/t10-,12-,13+/m1/s1. The molecule has 1 aromatic carbocycles. The number of likely N-dealkylation sites (tertiary alicyclic amines) is 1. The molecule has 0 N–H and O–H groups in total. The van der Waals surface area contributed by atoms with Crippen LogP contribution in [0.5, 0.6) is 0 Å². The van der Waals surface area contributed by atoms with Crippen LogP contribution >= 0.6 is 34.2 Å². The molecular weight excluding hydrogens is 361 g/mol. The quantitative estimate of drug-likeness (QED) is 0.582. The molecular formula is C14H17ClINO. The Morgan fingerprint density at radius 2 is 2.06 bits per heavy atom. The third-order valence-corrected chi connectivity index (χ3v) is 4.79. The molecule has 1 heterocycles. The molecule has 0 spiro atoms. The highest BCUT2D eigenvalue weighted by Gasteiger charge is 2.38. The number of halogens is 2. The summed E-state index contributed by atoms with van der Waals surface area (Å²) in [5, 5.41) is 0. The third-order valence-electron chi connectivity index (χ3n) is 3.43. The lowest BCUT2D eigenvalue weighted by Crippen LogP contribution is -2.48. The molecule has 1 aliphatic rings. The van der Waals surface area contributed by atoms with E-state index in [1.165, 1.54) is 5.56 Å². The summed E-state index contributed by atoms with van der Waals surface area (Å²) < 4.78 is 0.445. The Morgan fingerprint density at radius 1 is 1.39 bits per heavy atom. The van der Waals surface area contributed by atoms with Gasteiger partial charge >= 0.3 is 0 Å². The Bertz CT molecular complexity index is 412. The first-order valence-corrected chi connectivity index (χ1v) is 7.98. The zero-order valence-corrected chi connectivity index (χ0v) is 13.3. The van der Waals surface area contributed by atoms with Gasteiger partial charge in [-0.25, -0.2) is 0 Å². The Labute approximate surface area is 127 Å². The smallest absolute Gasteiger partial charge is 0.226 e. The van der Waals surface area contributed by atoms with Crippen molar-refractivity contribution in [2.75, 3.05) is 12.4 Å². The van der Waals surface area contributed by atoms with Gasteiger partial charge < -0.3 is 4.90 Å². The van der Waals surface area contributed by atoms with E-state index in [0.717, 1.165) is 6.42 Å². The van der Waals surface area contributed by atoms with Gasteiger partial charge in [0.25, 0.3) is 0 Å². The van der Waals surface area contributed by atoms with Crippen molar-refractivity contribution in [3.63, 3.8) is 0 Å². The fourth-order valence-corrected chi connectivity index (χ4v) is 4.31. The van der Waals surface area contributed by atoms with Crippen molar-refractivity contribution in [2.45, 2.75) is 23.3 Å². The number of alkyl halides is 2. The van der Waals surface area contributed by atoms with Crippen LogP contribution in [-0.2, 0) is 4.79 Å². The van der Waals surface area contributed by atoms with Crippen molar-refractivity contribution in [3.05, 3.63) is 35.9 Å². The van der Waals surface area contributed by atoms with Crippen molar-refractivity contribution in [1.29, 1.82) is 0 Å². The normalized spacial score (nSPS) is 28.5. The predicted octanol–water partition coefficient (Wildman–Crippen LogP) is 3.64. The van der Waals surface area contributed by atoms with Crippen molar-refractivity contribution in [1.82, 2.24) is 4.90 Å². The molecule has 0 aliphatic carbocycles. The van der Waals surface area contributed by atoms with Gasteiger partial charge in [0.05, 0.1) is 6.04 Å². The molecule has 1 saturated heterocycles. The summed E-state index contributed by atoms with van der Waals surface area (Å²) in [6, 6.07) is 10.4. The minimum atomic E-state index is 0.107. The van der Waals surface area contributed by atoms with Crippen LogP contribution in [0.15, 0.2) is 30.3 Å². The highest BCUT2D eigenvalue weighted by atomic mass is 127. The average Bonchev–Trinajstić information content (AvgIpc) is 2.37. The molecule has 4 heteroatoms. The Morgan fingerprint density at radius 3 is 2.67 bits per heavy atom. The SMILES string of the molecule is C[C@@H]1C[C@@H](I)[C@H](c2ccccc2)N(CCCl)C1=O. The molecule has 3 atom stereocenters. The van der Waals surface area contributed by atoms with Crippen molar-refractivity contribution < 1.29 is 4.79 Å². The van der Waals surface area contributed by atoms with Gasteiger partial charge in [0.15, 0.2) is 0 Å². The topological polar surface area (TPSA) is 20.3 Å². The summed E-state index contributed by atoms with van der Waals surface area (Å²) in [7, 11) is 0. The van der Waals surface area contributed by atoms with Gasteiger partial charge in [0.2, 0.25) is 5.91 Å². The third kappa shape index (κ3) is 2.82. The number of benzene rings is 1. The minimum absolute atomic E-state index is 0.107. The van der Waals surface area contributed by atoms with E-state index in [-0.39, 0.29) is 17.9 Å². The van der Waals surface area contributed by atoms with Gasteiger partial charge in [0, 0.05) is 22.3 Å². The maximum atomic E-state index is 12.3. The van der Waals surface area contributed by atoms with E-state index in [9.17, 15) is 4.79 Å². The zero-order chi connectivity index (χ0) is 13.1. The molecule has 0 aromatic heterocycles. The summed E-state index contributed by atoms with van der Waals surface area (Å²) in [5.74, 6) is 0.831. The maximum absolute atomic E-state index is 12.3. The number of hydrogen-bond acceptors (Lipinski definition) is 1. The van der Waals surface area contributed by atoms with Crippen molar-refractivity contribution in [2.24, 2.45) is 5.92 Å². The molecule has 0 radical (unpaired) electrons. The second-order valence-electron chi connectivity index (χ2n) is 4.73. The van der Waals surface area contributed by atoms with Crippen LogP contribution in [-0.4, -0.2) is 27.2 Å². The highest BCUT2D eigenvalue weighted by molar-refractivity contribution is 14.1. The molecule has 98 valence electrons. The number of carbonyl (C=O) groups is 1. The monoisotopic (exact) mass is 377 g/mol. The van der Waals surface area contributed by atoms with Crippen LogP contribution < -0.4 is 0 Å². The lowest BCUT2D eigenvalue weighted by atomic mass is 9.89. The Balaban J connectivity index is 2.32. The second kappa shape index (κ2) is 6.24. The van der Waals surface area contributed by atoms with Gasteiger partial charge in [-0.3, -0.25) is 4.79 Å². The zero-order valence-electron chi connectivity index (χ0n) is 10.4. The van der Waals surface area contributed by atoms with Gasteiger partial charge in [-0.1, -0.05) is 59.8 Å². The minimum Gasteiger partial charge on any atom is -0.333 e. The molecule has 18 heavy (non-hydrogen) atoms. The lowest BCUT2D eigenvalue weighted by molar-refractivity contribution is -0.140. The summed E-state index contributed by atoms with van der Waals surface area (Å²) in [6.45, 7) is 2.64. The van der Waals surface area contributed by atoms with Crippen LogP contribution in [0.4, 0.5) is 0 Å². The number of hydrogen-bond donors (Lipinski definition) is 0. The number of rotatable bonds is 3. The van der Waals surface area contributed by atoms with E-state index >= 15 is 0 Å². The summed E-state index contributed by atoms with van der Waals surface area (Å²) in [4.78, 5) is 14.3. The molecule has 0 unspecified atom stereocenters. The van der Waals surface area contributed by atoms with Gasteiger partial charge in [0.1, 0.15) is 0 Å². The largest absolute Gasteiger partial charge is 0.333 e. The molecule has 1 aromatic rings. The van der Waals surface area contributed by atoms with E-state index in [2.05, 4.69) is 34.7 Å². The molecule has 2 nitrogen and oxygen atoms in total. The average molecular weight is 378 g/mol. The summed E-state index contributed by atoms with van der Waals surface area (Å²) in [6.07, 6.45) is 0.942. The molecule has 0 saturated carbocycles. The predicted molar refractivity (Wildman–Crippen MR) is 83.2 cm³/mol. The summed E-state index contributed by atoms with van der Waals surface area (Å²) in [5.41, 5.74) is 1.21. The highest BCUT2D eigenvalue weighted by Crippen LogP contribution is 2.38. The van der Waals surface area contributed by atoms with Crippen molar-refractivity contribution >= 4 is 40.1 Å². The molecule has 0 bridgehead atoms. The van der Waals surface area contributed by atoms with Gasteiger partial charge in [-0.2, -0.15) is 0 Å². The maximum Gasteiger partial charge on any atom is 0.226 e. The summed E-state index contributed by atoms with van der Waals surface area (Å²) >= 11 is 8.32. The molecule has 1 aliphatic heterocycles. The van der Waals surface area contributed by atoms with E-state index in [4.69, 9.17) is 11.6 Å². The molecule has 1 amide bonds. The van der Waals surface area contributed by atoms with E-state index in [0.29, 0.717) is 16.3 Å². The first-order chi connectivity index (χ1) is 8.65. The van der Waals surface area contributed by atoms with Gasteiger partial charge in [-0.15, -0.1) is 11.6 Å². The first-order valence-electron chi connectivity index (χ1n) is 6.20. The van der Waals surface area contributed by atoms with E-state index in [1.54, 1.807) is 0 Å². The Hall–Kier alpha value is -0.290. The van der Waals surface area contributed by atoms with E-state index < -0.39 is 0 Å². The van der Waals surface area contributed by atoms with Crippen LogP contribution in [0, 0.1) is 5.92 Å². The number of piperidine rings is 1. The van der Waals surface area contributed by atoms with E-state index in [1.807, 2.05) is 30.0 Å². The Kier molecular flexibility index (Phi) is 4.90. The molecule has 1 fully saturated rings. The number of nitrogens with zero attached hydrogens (tertiary/aromatic N) is 1. The lowest BCUT2D eigenvalue weighted by Gasteiger charge is -2.41. The van der Waals surface area contributed by atoms with Gasteiger partial charge in [-0.05, 0) is 12.0 Å². The van der Waals surface area contributed by atoms with Crippen LogP contribution in [0.25, 0.3) is 0 Å². The number of carbonyl (C=O) groups excluding carboxylic acids is 1. The fourth-order valence-electron chi connectivity index (χ4n) is 2.56. The van der Waals surface area contributed by atoms with Crippen molar-refractivity contribution in [3.8, 4) is 0 Å². The second-order valence-corrected chi connectivity index (χ2v) is 6.71. The van der Waals surface area contributed by atoms with Crippen LogP contribution in [0.2, 0.25) is 0 Å². The molecule has 2 rings (SSSR count). The fraction of sp³-hybridized carbons (Fsp3) is 0.500. The van der Waals surface area contributed by atoms with Crippen LogP contribution in [0.3, 0.4) is 0 Å². The number of amides is 1.